The fourth-order valence-corrected chi connectivity index (χ4v) is 1.73. The van der Waals surface area contributed by atoms with Crippen molar-refractivity contribution in [3.63, 3.8) is 0 Å². The number of fused-ring (bicyclic) bond motifs is 1. The predicted molar refractivity (Wildman–Crippen MR) is 62.5 cm³/mol. The van der Waals surface area contributed by atoms with Crippen molar-refractivity contribution >= 4 is 28.7 Å². The second kappa shape index (κ2) is 4.65. The summed E-state index contributed by atoms with van der Waals surface area (Å²) in [6.45, 7) is 1.69. The lowest BCUT2D eigenvalue weighted by atomic mass is 10.2. The topological polar surface area (TPSA) is 72.3 Å². The van der Waals surface area contributed by atoms with Crippen molar-refractivity contribution in [3.8, 4) is 0 Å². The van der Waals surface area contributed by atoms with Crippen LogP contribution in [0, 0.1) is 0 Å². The van der Waals surface area contributed by atoms with Gasteiger partial charge in [-0.25, -0.2) is 4.79 Å². The van der Waals surface area contributed by atoms with Crippen LogP contribution in [0.4, 0.5) is 8.78 Å². The van der Waals surface area contributed by atoms with Crippen molar-refractivity contribution in [2.24, 2.45) is 0 Å². The zero-order valence-corrected chi connectivity index (χ0v) is 10.4. The SMILES string of the molecule is CCOC(=O)c1cc2c(C(F)(F)Cl)cc(=O)[nH]c2o1. The summed E-state index contributed by atoms with van der Waals surface area (Å²) < 4.78 is 36.0. The summed E-state index contributed by atoms with van der Waals surface area (Å²) in [4.78, 5) is 24.9. The zero-order valence-electron chi connectivity index (χ0n) is 9.63. The van der Waals surface area contributed by atoms with E-state index in [9.17, 15) is 18.4 Å². The third kappa shape index (κ3) is 2.60. The van der Waals surface area contributed by atoms with Gasteiger partial charge in [0.25, 0.3) is 5.56 Å². The molecule has 0 saturated heterocycles. The van der Waals surface area contributed by atoms with Crippen LogP contribution >= 0.6 is 11.6 Å². The Morgan fingerprint density at radius 1 is 1.53 bits per heavy atom. The molecule has 102 valence electrons. The van der Waals surface area contributed by atoms with Crippen LogP contribution in [0.1, 0.15) is 23.0 Å². The van der Waals surface area contributed by atoms with Crippen molar-refractivity contribution in [2.45, 2.75) is 12.3 Å². The fourth-order valence-electron chi connectivity index (χ4n) is 1.58. The highest BCUT2D eigenvalue weighted by atomic mass is 35.5. The molecule has 0 fully saturated rings. The Morgan fingerprint density at radius 2 is 2.21 bits per heavy atom. The molecule has 5 nitrogen and oxygen atoms in total. The molecule has 0 aromatic carbocycles. The summed E-state index contributed by atoms with van der Waals surface area (Å²) in [6, 6.07) is 1.70. The van der Waals surface area contributed by atoms with Gasteiger partial charge in [-0.15, -0.1) is 0 Å². The maximum atomic E-state index is 13.2. The molecule has 2 heterocycles. The van der Waals surface area contributed by atoms with Gasteiger partial charge in [0.05, 0.1) is 12.2 Å². The van der Waals surface area contributed by atoms with E-state index in [1.807, 2.05) is 0 Å². The summed E-state index contributed by atoms with van der Waals surface area (Å²) >= 11 is 4.92. The number of alkyl halides is 3. The van der Waals surface area contributed by atoms with Crippen molar-refractivity contribution in [3.05, 3.63) is 33.8 Å². The Kier molecular flexibility index (Phi) is 3.32. The van der Waals surface area contributed by atoms with E-state index in [0.717, 1.165) is 6.07 Å². The highest BCUT2D eigenvalue weighted by Gasteiger charge is 2.32. The molecule has 0 aliphatic heterocycles. The summed E-state index contributed by atoms with van der Waals surface area (Å²) in [5.41, 5.74) is -1.80. The standard InChI is InChI=1S/C11H8ClF2NO4/c1-2-18-10(17)7-3-5-6(11(12,13)14)4-8(16)15-9(5)19-7/h3-4H,2H2,1H3,(H,15,16). The second-order valence-electron chi connectivity index (χ2n) is 3.62. The summed E-state index contributed by atoms with van der Waals surface area (Å²) in [5.74, 6) is -1.11. The van der Waals surface area contributed by atoms with E-state index in [1.54, 1.807) is 6.92 Å². The molecule has 0 atom stereocenters. The summed E-state index contributed by atoms with van der Waals surface area (Å²) in [6.07, 6.45) is 0. The second-order valence-corrected chi connectivity index (χ2v) is 4.09. The Hall–Kier alpha value is -1.89. The number of pyridine rings is 1. The molecular weight excluding hydrogens is 284 g/mol. The van der Waals surface area contributed by atoms with E-state index >= 15 is 0 Å². The van der Waals surface area contributed by atoms with Gasteiger partial charge >= 0.3 is 11.4 Å². The Morgan fingerprint density at radius 3 is 2.79 bits per heavy atom. The highest BCUT2D eigenvalue weighted by Crippen LogP contribution is 2.36. The molecule has 2 aromatic rings. The minimum atomic E-state index is -3.75. The lowest BCUT2D eigenvalue weighted by Gasteiger charge is -2.07. The number of aromatic nitrogens is 1. The van der Waals surface area contributed by atoms with Gasteiger partial charge in [0.2, 0.25) is 11.5 Å². The molecule has 0 bridgehead atoms. The first-order valence-electron chi connectivity index (χ1n) is 5.24. The third-order valence-electron chi connectivity index (χ3n) is 2.32. The molecule has 19 heavy (non-hydrogen) atoms. The Balaban J connectivity index is 2.65. The third-order valence-corrected chi connectivity index (χ3v) is 2.52. The first kappa shape index (κ1) is 13.5. The van der Waals surface area contributed by atoms with Crippen LogP contribution in [0.5, 0.6) is 0 Å². The van der Waals surface area contributed by atoms with Gasteiger partial charge in [-0.3, -0.25) is 9.78 Å². The number of carbonyl (C=O) groups is 1. The number of halogens is 3. The molecule has 0 aliphatic carbocycles. The molecule has 0 radical (unpaired) electrons. The molecule has 0 amide bonds. The quantitative estimate of drug-likeness (QED) is 0.697. The average Bonchev–Trinajstić information content (AvgIpc) is 2.70. The minimum absolute atomic E-state index is 0.102. The van der Waals surface area contributed by atoms with Crippen LogP contribution < -0.4 is 5.56 Å². The lowest BCUT2D eigenvalue weighted by Crippen LogP contribution is -2.12. The maximum absolute atomic E-state index is 13.2. The van der Waals surface area contributed by atoms with E-state index in [2.05, 4.69) is 9.72 Å². The number of H-pyrrole nitrogens is 1. The number of esters is 1. The number of aromatic amines is 1. The maximum Gasteiger partial charge on any atom is 0.374 e. The Bertz CT molecular complexity index is 686. The number of hydrogen-bond acceptors (Lipinski definition) is 4. The normalized spacial score (nSPS) is 11.8. The number of nitrogens with one attached hydrogen (secondary N) is 1. The van der Waals surface area contributed by atoms with Crippen molar-refractivity contribution in [2.75, 3.05) is 6.61 Å². The molecule has 0 saturated carbocycles. The summed E-state index contributed by atoms with van der Waals surface area (Å²) in [7, 11) is 0. The Labute approximate surface area is 110 Å². The molecule has 0 unspecified atom stereocenters. The number of hydrogen-bond donors (Lipinski definition) is 1. The minimum Gasteiger partial charge on any atom is -0.460 e. The van der Waals surface area contributed by atoms with E-state index in [1.165, 1.54) is 0 Å². The highest BCUT2D eigenvalue weighted by molar-refractivity contribution is 6.22. The van der Waals surface area contributed by atoms with Gasteiger partial charge in [-0.2, -0.15) is 8.78 Å². The van der Waals surface area contributed by atoms with Gasteiger partial charge < -0.3 is 9.15 Å². The molecule has 8 heteroatoms. The van der Waals surface area contributed by atoms with E-state index in [4.69, 9.17) is 16.0 Å². The van der Waals surface area contributed by atoms with E-state index in [0.29, 0.717) is 6.07 Å². The number of rotatable bonds is 3. The zero-order chi connectivity index (χ0) is 14.2. The van der Waals surface area contributed by atoms with Crippen molar-refractivity contribution in [1.82, 2.24) is 4.98 Å². The van der Waals surface area contributed by atoms with E-state index < -0.39 is 22.5 Å². The van der Waals surface area contributed by atoms with Crippen molar-refractivity contribution < 1.29 is 22.7 Å². The number of carbonyl (C=O) groups excluding carboxylic acids is 1. The van der Waals surface area contributed by atoms with Crippen LogP contribution in [0.2, 0.25) is 0 Å². The van der Waals surface area contributed by atoms with Crippen LogP contribution in [0.15, 0.2) is 21.3 Å². The van der Waals surface area contributed by atoms with E-state index in [-0.39, 0.29) is 23.5 Å². The molecule has 2 aromatic heterocycles. The van der Waals surface area contributed by atoms with Crippen LogP contribution in [0.3, 0.4) is 0 Å². The number of ether oxygens (including phenoxy) is 1. The number of furan rings is 1. The molecular formula is C11H8ClF2NO4. The fraction of sp³-hybridized carbons (Fsp3) is 0.273. The van der Waals surface area contributed by atoms with Gasteiger partial charge in [0.1, 0.15) is 0 Å². The molecule has 0 spiro atoms. The van der Waals surface area contributed by atoms with Crippen LogP contribution in [-0.4, -0.2) is 17.6 Å². The van der Waals surface area contributed by atoms with Crippen molar-refractivity contribution in [1.29, 1.82) is 0 Å². The summed E-state index contributed by atoms with van der Waals surface area (Å²) in [5, 5.41) is -3.90. The average molecular weight is 292 g/mol. The molecule has 0 aliphatic rings. The van der Waals surface area contributed by atoms with Gasteiger partial charge in [0, 0.05) is 17.5 Å². The first-order chi connectivity index (χ1) is 8.82. The smallest absolute Gasteiger partial charge is 0.374 e. The lowest BCUT2D eigenvalue weighted by molar-refractivity contribution is 0.0492. The first-order valence-corrected chi connectivity index (χ1v) is 5.62. The van der Waals surface area contributed by atoms with Gasteiger partial charge in [-0.1, -0.05) is 0 Å². The van der Waals surface area contributed by atoms with Gasteiger partial charge in [0.15, 0.2) is 0 Å². The van der Waals surface area contributed by atoms with Crippen LogP contribution in [-0.2, 0) is 10.1 Å². The monoisotopic (exact) mass is 291 g/mol. The van der Waals surface area contributed by atoms with Gasteiger partial charge in [-0.05, 0) is 18.5 Å². The molecule has 1 N–H and O–H groups in total. The largest absolute Gasteiger partial charge is 0.460 e. The van der Waals surface area contributed by atoms with Crippen LogP contribution in [0.25, 0.3) is 11.1 Å². The molecule has 2 rings (SSSR count). The predicted octanol–water partition coefficient (Wildman–Crippen LogP) is 2.59.